The highest BCUT2D eigenvalue weighted by molar-refractivity contribution is 6.30. The highest BCUT2D eigenvalue weighted by Gasteiger charge is 2.38. The molecule has 5 nitrogen and oxygen atoms in total. The smallest absolute Gasteiger partial charge is 0.246 e. The average molecular weight is 292 g/mol. The van der Waals surface area contributed by atoms with E-state index in [9.17, 15) is 4.79 Å². The molecule has 0 bridgehead atoms. The van der Waals surface area contributed by atoms with Crippen molar-refractivity contribution in [2.75, 3.05) is 0 Å². The summed E-state index contributed by atoms with van der Waals surface area (Å²) in [7, 11) is 0. The van der Waals surface area contributed by atoms with E-state index in [4.69, 9.17) is 16.1 Å². The molecule has 1 aliphatic carbocycles. The fraction of sp³-hybridized carbons (Fsp3) is 0.357. The van der Waals surface area contributed by atoms with Gasteiger partial charge in [0.2, 0.25) is 17.6 Å². The van der Waals surface area contributed by atoms with E-state index in [2.05, 4.69) is 22.4 Å². The Morgan fingerprint density at radius 1 is 1.55 bits per heavy atom. The summed E-state index contributed by atoms with van der Waals surface area (Å²) in [6, 6.07) is 7.22. The zero-order valence-corrected chi connectivity index (χ0v) is 11.7. The number of aromatic nitrogens is 2. The fourth-order valence-corrected chi connectivity index (χ4v) is 2.24. The van der Waals surface area contributed by atoms with Gasteiger partial charge in [-0.1, -0.05) is 35.8 Å². The predicted octanol–water partition coefficient (Wildman–Crippen LogP) is 2.66. The number of nitrogens with zero attached hydrogens (tertiary/aromatic N) is 2. The van der Waals surface area contributed by atoms with E-state index in [0.29, 0.717) is 22.7 Å². The van der Waals surface area contributed by atoms with Crippen molar-refractivity contribution in [3.63, 3.8) is 0 Å². The van der Waals surface area contributed by atoms with Crippen molar-refractivity contribution in [1.29, 1.82) is 0 Å². The van der Waals surface area contributed by atoms with Gasteiger partial charge in [0.15, 0.2) is 0 Å². The molecule has 0 saturated heterocycles. The van der Waals surface area contributed by atoms with E-state index in [1.807, 2.05) is 12.1 Å². The monoisotopic (exact) mass is 291 g/mol. The first-order valence-electron chi connectivity index (χ1n) is 6.49. The minimum Gasteiger partial charge on any atom is -0.347 e. The van der Waals surface area contributed by atoms with E-state index in [-0.39, 0.29) is 18.4 Å². The molecule has 0 unspecified atom stereocenters. The van der Waals surface area contributed by atoms with Crippen LogP contribution in [0.1, 0.15) is 19.2 Å². The quantitative estimate of drug-likeness (QED) is 0.940. The molecule has 6 heteroatoms. The zero-order valence-electron chi connectivity index (χ0n) is 11.0. The molecule has 1 saturated carbocycles. The maximum absolute atomic E-state index is 11.7. The van der Waals surface area contributed by atoms with Crippen LogP contribution in [0.4, 0.5) is 0 Å². The van der Waals surface area contributed by atoms with Crippen LogP contribution in [0.25, 0.3) is 11.4 Å². The van der Waals surface area contributed by atoms with E-state index in [1.54, 1.807) is 12.1 Å². The van der Waals surface area contributed by atoms with Gasteiger partial charge < -0.3 is 9.84 Å². The number of rotatable bonds is 4. The van der Waals surface area contributed by atoms with Crippen LogP contribution in [0.2, 0.25) is 5.02 Å². The largest absolute Gasteiger partial charge is 0.347 e. The number of hydrogen-bond donors (Lipinski definition) is 1. The summed E-state index contributed by atoms with van der Waals surface area (Å²) in [5.74, 6) is 1.54. The predicted molar refractivity (Wildman–Crippen MR) is 73.9 cm³/mol. The van der Waals surface area contributed by atoms with Gasteiger partial charge in [0.1, 0.15) is 0 Å². The second-order valence-electron chi connectivity index (χ2n) is 5.06. The molecular weight excluding hydrogens is 278 g/mol. The summed E-state index contributed by atoms with van der Waals surface area (Å²) in [6.45, 7) is 2.32. The number of benzene rings is 1. The minimum atomic E-state index is 0.0556. The molecule has 1 aromatic carbocycles. The van der Waals surface area contributed by atoms with Crippen LogP contribution in [-0.2, 0) is 11.3 Å². The average Bonchev–Trinajstić information content (AvgIpc) is 2.99. The lowest BCUT2D eigenvalue weighted by Crippen LogP contribution is -2.24. The normalized spacial score (nSPS) is 20.7. The molecular formula is C14H14ClN3O2. The number of carbonyl (C=O) groups is 1. The maximum Gasteiger partial charge on any atom is 0.246 e. The van der Waals surface area contributed by atoms with Crippen LogP contribution in [0.15, 0.2) is 28.8 Å². The third kappa shape index (κ3) is 2.82. The van der Waals surface area contributed by atoms with Crippen molar-refractivity contribution in [3.8, 4) is 11.4 Å². The van der Waals surface area contributed by atoms with Crippen molar-refractivity contribution in [2.45, 2.75) is 19.9 Å². The maximum atomic E-state index is 11.7. The van der Waals surface area contributed by atoms with Gasteiger partial charge in [-0.2, -0.15) is 4.98 Å². The molecule has 1 aliphatic rings. The molecule has 1 N–H and O–H groups in total. The molecule has 1 heterocycles. The number of amides is 1. The zero-order chi connectivity index (χ0) is 14.1. The second kappa shape index (κ2) is 5.25. The number of nitrogens with one attached hydrogen (secondary N) is 1. The summed E-state index contributed by atoms with van der Waals surface area (Å²) in [5, 5.41) is 7.31. The van der Waals surface area contributed by atoms with Gasteiger partial charge in [-0.3, -0.25) is 4.79 Å². The third-order valence-corrected chi connectivity index (χ3v) is 3.65. The molecule has 0 aliphatic heterocycles. The molecule has 3 rings (SSSR count). The number of hydrogen-bond acceptors (Lipinski definition) is 4. The highest BCUT2D eigenvalue weighted by atomic mass is 35.5. The van der Waals surface area contributed by atoms with Crippen LogP contribution < -0.4 is 5.32 Å². The summed E-state index contributed by atoms with van der Waals surface area (Å²) in [6.07, 6.45) is 0.962. The molecule has 104 valence electrons. The molecule has 20 heavy (non-hydrogen) atoms. The number of halogens is 1. The van der Waals surface area contributed by atoms with Crippen LogP contribution in [0, 0.1) is 11.8 Å². The molecule has 1 fully saturated rings. The minimum absolute atomic E-state index is 0.0556. The summed E-state index contributed by atoms with van der Waals surface area (Å²) in [4.78, 5) is 15.9. The van der Waals surface area contributed by atoms with Gasteiger partial charge in [-0.25, -0.2) is 0 Å². The van der Waals surface area contributed by atoms with Crippen LogP contribution in [0.5, 0.6) is 0 Å². The fourth-order valence-electron chi connectivity index (χ4n) is 2.05. The number of carbonyl (C=O) groups excluding carboxylic acids is 1. The molecule has 2 aromatic rings. The topological polar surface area (TPSA) is 68.0 Å². The Balaban J connectivity index is 1.63. The van der Waals surface area contributed by atoms with E-state index in [1.165, 1.54) is 0 Å². The Labute approximate surface area is 121 Å². The highest BCUT2D eigenvalue weighted by Crippen LogP contribution is 2.37. The summed E-state index contributed by atoms with van der Waals surface area (Å²) in [5.41, 5.74) is 0.787. The SMILES string of the molecule is C[C@H]1C[C@H]1C(=O)NCc1nc(-c2cccc(Cl)c2)no1. The molecule has 2 atom stereocenters. The molecule has 0 radical (unpaired) electrons. The summed E-state index contributed by atoms with van der Waals surface area (Å²) >= 11 is 5.92. The van der Waals surface area contributed by atoms with Crippen LogP contribution >= 0.6 is 11.6 Å². The van der Waals surface area contributed by atoms with Gasteiger partial charge in [-0.05, 0) is 24.5 Å². The van der Waals surface area contributed by atoms with Crippen LogP contribution in [-0.4, -0.2) is 16.0 Å². The molecule has 0 spiro atoms. The summed E-state index contributed by atoms with van der Waals surface area (Å²) < 4.78 is 5.12. The van der Waals surface area contributed by atoms with Crippen molar-refractivity contribution in [1.82, 2.24) is 15.5 Å². The Morgan fingerprint density at radius 2 is 2.35 bits per heavy atom. The lowest BCUT2D eigenvalue weighted by molar-refractivity contribution is -0.122. The van der Waals surface area contributed by atoms with Crippen molar-refractivity contribution >= 4 is 17.5 Å². The first-order valence-corrected chi connectivity index (χ1v) is 6.87. The van der Waals surface area contributed by atoms with Gasteiger partial charge in [0.05, 0.1) is 6.54 Å². The van der Waals surface area contributed by atoms with Gasteiger partial charge >= 0.3 is 0 Å². The van der Waals surface area contributed by atoms with Gasteiger partial charge in [0.25, 0.3) is 0 Å². The van der Waals surface area contributed by atoms with Crippen molar-refractivity contribution in [2.24, 2.45) is 11.8 Å². The first kappa shape index (κ1) is 13.1. The van der Waals surface area contributed by atoms with E-state index in [0.717, 1.165) is 12.0 Å². The third-order valence-electron chi connectivity index (χ3n) is 3.41. The lowest BCUT2D eigenvalue weighted by Gasteiger charge is -1.99. The van der Waals surface area contributed by atoms with E-state index >= 15 is 0 Å². The Morgan fingerprint density at radius 3 is 3.05 bits per heavy atom. The molecule has 1 amide bonds. The van der Waals surface area contributed by atoms with Gasteiger partial charge in [0, 0.05) is 16.5 Å². The van der Waals surface area contributed by atoms with Crippen molar-refractivity contribution < 1.29 is 9.32 Å². The standard InChI is InChI=1S/C14H14ClN3O2/c1-8-5-11(8)14(19)16-7-12-17-13(18-20-12)9-3-2-4-10(15)6-9/h2-4,6,8,11H,5,7H2,1H3,(H,16,19)/t8-,11+/m0/s1. The first-order chi connectivity index (χ1) is 9.63. The Bertz CT molecular complexity index is 641. The Kier molecular flexibility index (Phi) is 3.44. The Hall–Kier alpha value is -1.88. The molecule has 1 aromatic heterocycles. The lowest BCUT2D eigenvalue weighted by atomic mass is 10.2. The van der Waals surface area contributed by atoms with E-state index < -0.39 is 0 Å². The second-order valence-corrected chi connectivity index (χ2v) is 5.50. The van der Waals surface area contributed by atoms with Crippen molar-refractivity contribution in [3.05, 3.63) is 35.2 Å². The van der Waals surface area contributed by atoms with Crippen LogP contribution in [0.3, 0.4) is 0 Å². The van der Waals surface area contributed by atoms with Gasteiger partial charge in [-0.15, -0.1) is 0 Å².